The Hall–Kier alpha value is -0.150. The van der Waals surface area contributed by atoms with Crippen molar-refractivity contribution in [2.45, 2.75) is 18.9 Å². The maximum absolute atomic E-state index is 12.4. The molecule has 2 nitrogen and oxygen atoms in total. The molecule has 0 aliphatic carbocycles. The predicted molar refractivity (Wildman–Crippen MR) is 37.1 cm³/mol. The number of aliphatic hydroxyl groups is 1. The molecule has 1 heterocycles. The van der Waals surface area contributed by atoms with Crippen LogP contribution in [0.2, 0.25) is 0 Å². The van der Waals surface area contributed by atoms with E-state index in [0.717, 1.165) is 19.4 Å². The van der Waals surface area contributed by atoms with Crippen molar-refractivity contribution >= 4 is 0 Å². The van der Waals surface area contributed by atoms with E-state index < -0.39 is 0 Å². The van der Waals surface area contributed by atoms with Crippen LogP contribution in [0, 0.1) is 0 Å². The van der Waals surface area contributed by atoms with E-state index >= 15 is 0 Å². The van der Waals surface area contributed by atoms with Crippen LogP contribution in [0.4, 0.5) is 4.39 Å². The van der Waals surface area contributed by atoms with Crippen LogP contribution in [0.3, 0.4) is 0 Å². The van der Waals surface area contributed by atoms with Gasteiger partial charge in [0.25, 0.3) is 0 Å². The lowest BCUT2D eigenvalue weighted by atomic mass is 10.2. The first-order valence-corrected chi connectivity index (χ1v) is 3.74. The summed E-state index contributed by atoms with van der Waals surface area (Å²) in [5, 5.41) is 8.85. The highest BCUT2D eigenvalue weighted by Gasteiger charge is 2.36. The SMILES string of the molecule is C[N+]1(CF)CCC[C@H]1CO. The molecule has 0 aromatic heterocycles. The average Bonchev–Trinajstić information content (AvgIpc) is 2.32. The Morgan fingerprint density at radius 1 is 1.70 bits per heavy atom. The molecule has 2 atom stereocenters. The van der Waals surface area contributed by atoms with Gasteiger partial charge in [-0.15, -0.1) is 0 Å². The number of rotatable bonds is 2. The molecular weight excluding hydrogens is 133 g/mol. The second kappa shape index (κ2) is 2.84. The molecule has 1 N–H and O–H groups in total. The van der Waals surface area contributed by atoms with Gasteiger partial charge in [0.15, 0.2) is 0 Å². The summed E-state index contributed by atoms with van der Waals surface area (Å²) in [6, 6.07) is 0.144. The van der Waals surface area contributed by atoms with Crippen molar-refractivity contribution in [2.24, 2.45) is 0 Å². The van der Waals surface area contributed by atoms with Gasteiger partial charge >= 0.3 is 0 Å². The number of nitrogens with zero attached hydrogens (tertiary/aromatic N) is 1. The van der Waals surface area contributed by atoms with E-state index in [1.54, 1.807) is 0 Å². The maximum Gasteiger partial charge on any atom is 0.222 e. The summed E-state index contributed by atoms with van der Waals surface area (Å²) < 4.78 is 12.8. The van der Waals surface area contributed by atoms with Gasteiger partial charge in [-0.3, -0.25) is 4.48 Å². The fourth-order valence-electron chi connectivity index (χ4n) is 1.63. The van der Waals surface area contributed by atoms with Gasteiger partial charge in [-0.05, 0) is 0 Å². The number of likely N-dealkylation sites (N-methyl/N-ethyl adjacent to an activating group) is 1. The maximum atomic E-state index is 12.4. The molecule has 10 heavy (non-hydrogen) atoms. The molecule has 60 valence electrons. The first kappa shape index (κ1) is 7.95. The zero-order valence-corrected chi connectivity index (χ0v) is 6.39. The summed E-state index contributed by atoms with van der Waals surface area (Å²) in [4.78, 5) is 0. The Balaban J connectivity index is 2.56. The highest BCUT2D eigenvalue weighted by Crippen LogP contribution is 2.23. The average molecular weight is 148 g/mol. The van der Waals surface area contributed by atoms with E-state index in [1.165, 1.54) is 0 Å². The molecule has 3 heteroatoms. The van der Waals surface area contributed by atoms with Crippen molar-refractivity contribution in [2.75, 3.05) is 27.0 Å². The minimum atomic E-state index is -0.342. The van der Waals surface area contributed by atoms with Crippen molar-refractivity contribution in [3.8, 4) is 0 Å². The summed E-state index contributed by atoms with van der Waals surface area (Å²) in [7, 11) is 1.87. The molecule has 1 unspecified atom stereocenters. The van der Waals surface area contributed by atoms with Crippen LogP contribution in [0.5, 0.6) is 0 Å². The summed E-state index contributed by atoms with van der Waals surface area (Å²) in [5.41, 5.74) is 0. The zero-order chi connectivity index (χ0) is 7.61. The van der Waals surface area contributed by atoms with E-state index in [2.05, 4.69) is 0 Å². The van der Waals surface area contributed by atoms with Crippen LogP contribution in [0.15, 0.2) is 0 Å². The standard InChI is InChI=1S/C7H15FNO/c1-9(6-8)4-2-3-7(9)5-10/h7,10H,2-6H2,1H3/q+1/t7-,9?/m0/s1. The van der Waals surface area contributed by atoms with Crippen LogP contribution in [-0.2, 0) is 0 Å². The molecule has 1 fully saturated rings. The highest BCUT2D eigenvalue weighted by atomic mass is 19.1. The van der Waals surface area contributed by atoms with Gasteiger partial charge in [-0.25, -0.2) is 0 Å². The zero-order valence-electron chi connectivity index (χ0n) is 6.39. The van der Waals surface area contributed by atoms with Crippen molar-refractivity contribution in [1.29, 1.82) is 0 Å². The third-order valence-electron chi connectivity index (χ3n) is 2.57. The molecule has 0 saturated carbocycles. The number of aliphatic hydroxyl groups excluding tert-OH is 1. The largest absolute Gasteiger partial charge is 0.390 e. The molecular formula is C7H15FNO+. The number of halogens is 1. The monoisotopic (exact) mass is 148 g/mol. The van der Waals surface area contributed by atoms with E-state index in [4.69, 9.17) is 5.11 Å². The number of alkyl halides is 1. The first-order valence-electron chi connectivity index (χ1n) is 3.74. The summed E-state index contributed by atoms with van der Waals surface area (Å²) in [6.45, 7) is 0.660. The van der Waals surface area contributed by atoms with Crippen molar-refractivity contribution < 1.29 is 14.0 Å². The number of hydrogen-bond donors (Lipinski definition) is 1. The van der Waals surface area contributed by atoms with Crippen molar-refractivity contribution in [3.05, 3.63) is 0 Å². The molecule has 0 spiro atoms. The Morgan fingerprint density at radius 2 is 2.40 bits per heavy atom. The summed E-state index contributed by atoms with van der Waals surface area (Å²) in [5.74, 6) is 0. The lowest BCUT2D eigenvalue weighted by Gasteiger charge is -2.31. The lowest BCUT2D eigenvalue weighted by molar-refractivity contribution is -0.933. The fourth-order valence-corrected chi connectivity index (χ4v) is 1.63. The van der Waals surface area contributed by atoms with Crippen LogP contribution >= 0.6 is 0 Å². The van der Waals surface area contributed by atoms with Gasteiger partial charge in [0.05, 0.1) is 20.2 Å². The van der Waals surface area contributed by atoms with Gasteiger partial charge < -0.3 is 5.11 Å². The molecule has 0 amide bonds. The second-order valence-corrected chi connectivity index (χ2v) is 3.30. The second-order valence-electron chi connectivity index (χ2n) is 3.30. The van der Waals surface area contributed by atoms with Gasteiger partial charge in [-0.1, -0.05) is 0 Å². The highest BCUT2D eigenvalue weighted by molar-refractivity contribution is 4.64. The summed E-state index contributed by atoms with van der Waals surface area (Å²) in [6.07, 6.45) is 2.02. The molecule has 0 bridgehead atoms. The van der Waals surface area contributed by atoms with Gasteiger partial charge in [0, 0.05) is 12.8 Å². The first-order chi connectivity index (χ1) is 4.73. The van der Waals surface area contributed by atoms with Gasteiger partial charge in [0.1, 0.15) is 6.04 Å². The third kappa shape index (κ3) is 1.16. The quantitative estimate of drug-likeness (QED) is 0.447. The van der Waals surface area contributed by atoms with Crippen LogP contribution < -0.4 is 0 Å². The normalized spacial score (nSPS) is 40.5. The van der Waals surface area contributed by atoms with Crippen LogP contribution in [0.1, 0.15) is 12.8 Å². The Bertz CT molecular complexity index is 120. The molecule has 1 saturated heterocycles. The van der Waals surface area contributed by atoms with E-state index in [0.29, 0.717) is 4.48 Å². The van der Waals surface area contributed by atoms with E-state index in [-0.39, 0.29) is 19.4 Å². The Kier molecular flexibility index (Phi) is 2.26. The van der Waals surface area contributed by atoms with E-state index in [9.17, 15) is 4.39 Å². The Labute approximate surface area is 60.9 Å². The van der Waals surface area contributed by atoms with Crippen LogP contribution in [-0.4, -0.2) is 42.6 Å². The summed E-state index contributed by atoms with van der Waals surface area (Å²) >= 11 is 0. The fraction of sp³-hybridized carbons (Fsp3) is 1.00. The smallest absolute Gasteiger partial charge is 0.222 e. The molecule has 1 aliphatic heterocycles. The minimum Gasteiger partial charge on any atom is -0.390 e. The third-order valence-corrected chi connectivity index (χ3v) is 2.57. The molecule has 0 aromatic carbocycles. The van der Waals surface area contributed by atoms with Crippen molar-refractivity contribution in [3.63, 3.8) is 0 Å². The number of quaternary nitrogens is 1. The molecule has 0 aromatic rings. The number of hydrogen-bond acceptors (Lipinski definition) is 1. The molecule has 0 radical (unpaired) electrons. The molecule has 1 aliphatic rings. The Morgan fingerprint density at radius 3 is 2.80 bits per heavy atom. The van der Waals surface area contributed by atoms with E-state index in [1.807, 2.05) is 7.05 Å². The minimum absolute atomic E-state index is 0.125. The van der Waals surface area contributed by atoms with Crippen molar-refractivity contribution in [1.82, 2.24) is 0 Å². The predicted octanol–water partition coefficient (Wildman–Crippen LogP) is 0.515. The number of likely N-dealkylation sites (tertiary alicyclic amines) is 1. The van der Waals surface area contributed by atoms with Gasteiger partial charge in [0.2, 0.25) is 6.80 Å². The lowest BCUT2D eigenvalue weighted by Crippen LogP contribution is -2.48. The van der Waals surface area contributed by atoms with Gasteiger partial charge in [-0.2, -0.15) is 4.39 Å². The van der Waals surface area contributed by atoms with Crippen LogP contribution in [0.25, 0.3) is 0 Å². The molecule has 1 rings (SSSR count). The topological polar surface area (TPSA) is 20.2 Å².